The van der Waals surface area contributed by atoms with E-state index >= 15 is 0 Å². The van der Waals surface area contributed by atoms with Crippen LogP contribution in [0.15, 0.2) is 12.1 Å². The molecule has 1 rings (SSSR count). The van der Waals surface area contributed by atoms with Crippen LogP contribution in [0.5, 0.6) is 0 Å². The first-order valence-electron chi connectivity index (χ1n) is 4.98. The summed E-state index contributed by atoms with van der Waals surface area (Å²) in [6.45, 7) is 7.21. The van der Waals surface area contributed by atoms with Crippen LogP contribution >= 0.6 is 0 Å². The number of hydrogen-bond donors (Lipinski definition) is 1. The maximum absolute atomic E-state index is 11.9. The minimum absolute atomic E-state index is 0.302. The van der Waals surface area contributed by atoms with Crippen LogP contribution in [0.4, 0.5) is 4.39 Å². The van der Waals surface area contributed by atoms with Gasteiger partial charge in [0, 0.05) is 13.1 Å². The van der Waals surface area contributed by atoms with E-state index in [9.17, 15) is 4.39 Å². The number of rotatable bonds is 4. The Labute approximate surface area is 85.3 Å². The molecule has 0 aliphatic rings. The molecule has 1 N–H and O–H groups in total. The monoisotopic (exact) mass is 195 g/mol. The van der Waals surface area contributed by atoms with Crippen LogP contribution in [-0.4, -0.2) is 13.2 Å². The average Bonchev–Trinajstić information content (AvgIpc) is 2.14. The third-order valence-electron chi connectivity index (χ3n) is 2.54. The fraction of sp³-hybridized carbons (Fsp3) is 0.500. The van der Waals surface area contributed by atoms with E-state index in [0.29, 0.717) is 6.54 Å². The predicted octanol–water partition coefficient (Wildman–Crippen LogP) is 2.67. The lowest BCUT2D eigenvalue weighted by molar-refractivity contribution is 0.466. The van der Waals surface area contributed by atoms with E-state index in [-0.39, 0.29) is 6.67 Å². The van der Waals surface area contributed by atoms with E-state index in [1.54, 1.807) is 0 Å². The highest BCUT2D eigenvalue weighted by molar-refractivity contribution is 5.36. The smallest absolute Gasteiger partial charge is 0.102 e. The van der Waals surface area contributed by atoms with Crippen LogP contribution in [0, 0.1) is 20.8 Å². The van der Waals surface area contributed by atoms with Gasteiger partial charge in [-0.1, -0.05) is 12.1 Å². The van der Waals surface area contributed by atoms with Gasteiger partial charge >= 0.3 is 0 Å². The van der Waals surface area contributed by atoms with Gasteiger partial charge in [-0.3, -0.25) is 0 Å². The van der Waals surface area contributed by atoms with Gasteiger partial charge in [0.1, 0.15) is 6.67 Å². The van der Waals surface area contributed by atoms with Gasteiger partial charge < -0.3 is 5.32 Å². The first-order chi connectivity index (χ1) is 6.65. The lowest BCUT2D eigenvalue weighted by Gasteiger charge is -2.10. The van der Waals surface area contributed by atoms with Crippen LogP contribution in [0.2, 0.25) is 0 Å². The minimum atomic E-state index is -0.302. The normalized spacial score (nSPS) is 10.6. The molecule has 1 aromatic rings. The van der Waals surface area contributed by atoms with Crippen LogP contribution in [0.25, 0.3) is 0 Å². The van der Waals surface area contributed by atoms with Gasteiger partial charge in [0.25, 0.3) is 0 Å². The quantitative estimate of drug-likeness (QED) is 0.728. The van der Waals surface area contributed by atoms with E-state index in [1.807, 2.05) is 0 Å². The van der Waals surface area contributed by atoms with Crippen molar-refractivity contribution < 1.29 is 4.39 Å². The van der Waals surface area contributed by atoms with Gasteiger partial charge in [0.15, 0.2) is 0 Å². The van der Waals surface area contributed by atoms with Crippen molar-refractivity contribution in [2.75, 3.05) is 13.2 Å². The molecule has 2 heteroatoms. The van der Waals surface area contributed by atoms with Crippen LogP contribution < -0.4 is 5.32 Å². The third kappa shape index (κ3) is 2.81. The molecule has 1 nitrogen and oxygen atoms in total. The number of nitrogens with one attached hydrogen (secondary N) is 1. The molecule has 0 saturated carbocycles. The zero-order valence-corrected chi connectivity index (χ0v) is 9.15. The number of alkyl halides is 1. The SMILES string of the molecule is Cc1cc(C)c(CNCCF)cc1C. The Kier molecular flexibility index (Phi) is 4.08. The third-order valence-corrected chi connectivity index (χ3v) is 2.54. The van der Waals surface area contributed by atoms with E-state index in [2.05, 4.69) is 38.2 Å². The van der Waals surface area contributed by atoms with Gasteiger partial charge in [-0.25, -0.2) is 4.39 Å². The second-order valence-electron chi connectivity index (χ2n) is 3.73. The molecule has 0 amide bonds. The lowest BCUT2D eigenvalue weighted by Crippen LogP contribution is -2.16. The number of benzene rings is 1. The first-order valence-corrected chi connectivity index (χ1v) is 4.98. The molecular weight excluding hydrogens is 177 g/mol. The van der Waals surface area contributed by atoms with Gasteiger partial charge in [-0.05, 0) is 43.0 Å². The Morgan fingerprint density at radius 3 is 2.36 bits per heavy atom. The molecule has 0 aromatic heterocycles. The summed E-state index contributed by atoms with van der Waals surface area (Å²) in [5.74, 6) is 0. The summed E-state index contributed by atoms with van der Waals surface area (Å²) >= 11 is 0. The summed E-state index contributed by atoms with van der Waals surface area (Å²) in [5, 5.41) is 3.06. The van der Waals surface area contributed by atoms with Crippen molar-refractivity contribution in [2.24, 2.45) is 0 Å². The molecule has 0 spiro atoms. The summed E-state index contributed by atoms with van der Waals surface area (Å²) in [6, 6.07) is 4.36. The molecule has 0 aliphatic heterocycles. The number of aryl methyl sites for hydroxylation is 3. The minimum Gasteiger partial charge on any atom is -0.310 e. The molecule has 0 fully saturated rings. The maximum atomic E-state index is 11.9. The fourth-order valence-electron chi connectivity index (χ4n) is 1.50. The Morgan fingerprint density at radius 1 is 1.07 bits per heavy atom. The van der Waals surface area contributed by atoms with Crippen molar-refractivity contribution in [1.29, 1.82) is 0 Å². The van der Waals surface area contributed by atoms with Gasteiger partial charge in [0.2, 0.25) is 0 Å². The van der Waals surface area contributed by atoms with E-state index in [4.69, 9.17) is 0 Å². The van der Waals surface area contributed by atoms with Gasteiger partial charge in [-0.15, -0.1) is 0 Å². The zero-order chi connectivity index (χ0) is 10.6. The highest BCUT2D eigenvalue weighted by Gasteiger charge is 2.00. The largest absolute Gasteiger partial charge is 0.310 e. The Balaban J connectivity index is 2.72. The lowest BCUT2D eigenvalue weighted by atomic mass is 10.0. The van der Waals surface area contributed by atoms with Gasteiger partial charge in [0.05, 0.1) is 0 Å². The van der Waals surface area contributed by atoms with E-state index in [0.717, 1.165) is 6.54 Å². The van der Waals surface area contributed by atoms with Crippen LogP contribution in [-0.2, 0) is 6.54 Å². The van der Waals surface area contributed by atoms with Crippen molar-refractivity contribution in [3.63, 3.8) is 0 Å². The number of hydrogen-bond acceptors (Lipinski definition) is 1. The fourth-order valence-corrected chi connectivity index (χ4v) is 1.50. The van der Waals surface area contributed by atoms with E-state index in [1.165, 1.54) is 22.3 Å². The average molecular weight is 195 g/mol. The summed E-state index contributed by atoms with van der Waals surface area (Å²) in [5.41, 5.74) is 5.16. The van der Waals surface area contributed by atoms with Crippen LogP contribution in [0.1, 0.15) is 22.3 Å². The second kappa shape index (κ2) is 5.11. The van der Waals surface area contributed by atoms with Crippen molar-refractivity contribution >= 4 is 0 Å². The molecule has 0 unspecified atom stereocenters. The standard InChI is InChI=1S/C12H18FN/c1-9-6-11(3)12(7-10(9)2)8-14-5-4-13/h6-7,14H,4-5,8H2,1-3H3. The second-order valence-corrected chi connectivity index (χ2v) is 3.73. The summed E-state index contributed by atoms with van der Waals surface area (Å²) in [4.78, 5) is 0. The topological polar surface area (TPSA) is 12.0 Å². The van der Waals surface area contributed by atoms with Gasteiger partial charge in [-0.2, -0.15) is 0 Å². The van der Waals surface area contributed by atoms with Crippen molar-refractivity contribution in [2.45, 2.75) is 27.3 Å². The molecule has 0 heterocycles. The van der Waals surface area contributed by atoms with Crippen molar-refractivity contribution in [3.8, 4) is 0 Å². The molecule has 0 aliphatic carbocycles. The number of halogens is 1. The van der Waals surface area contributed by atoms with Crippen molar-refractivity contribution in [1.82, 2.24) is 5.32 Å². The maximum Gasteiger partial charge on any atom is 0.102 e. The predicted molar refractivity (Wildman–Crippen MR) is 58.3 cm³/mol. The van der Waals surface area contributed by atoms with Crippen LogP contribution in [0.3, 0.4) is 0 Å². The molecule has 14 heavy (non-hydrogen) atoms. The summed E-state index contributed by atoms with van der Waals surface area (Å²) < 4.78 is 11.9. The molecule has 0 atom stereocenters. The summed E-state index contributed by atoms with van der Waals surface area (Å²) in [7, 11) is 0. The molecule has 0 bridgehead atoms. The Hall–Kier alpha value is -0.890. The molecular formula is C12H18FN. The molecule has 0 radical (unpaired) electrons. The zero-order valence-electron chi connectivity index (χ0n) is 9.15. The highest BCUT2D eigenvalue weighted by atomic mass is 19.1. The highest BCUT2D eigenvalue weighted by Crippen LogP contribution is 2.14. The Morgan fingerprint density at radius 2 is 1.71 bits per heavy atom. The first kappa shape index (κ1) is 11.2. The van der Waals surface area contributed by atoms with Crippen molar-refractivity contribution in [3.05, 3.63) is 34.4 Å². The summed E-state index contributed by atoms with van der Waals surface area (Å²) in [6.07, 6.45) is 0. The van der Waals surface area contributed by atoms with E-state index < -0.39 is 0 Å². The molecule has 1 aromatic carbocycles. The Bertz CT molecular complexity index is 307. The molecule has 78 valence electrons. The molecule has 0 saturated heterocycles.